The van der Waals surface area contributed by atoms with Gasteiger partial charge in [0.1, 0.15) is 19.0 Å². The molecule has 2 aliphatic heterocycles. The molecule has 1 aromatic rings. The minimum Gasteiger partial charge on any atom is -0.486 e. The van der Waals surface area contributed by atoms with Gasteiger partial charge in [0, 0.05) is 12.6 Å². The van der Waals surface area contributed by atoms with E-state index in [0.717, 1.165) is 13.0 Å². The number of fused-ring (bicyclic) bond motifs is 1. The van der Waals surface area contributed by atoms with Crippen LogP contribution in [0.15, 0.2) is 12.1 Å². The molecule has 2 N–H and O–H groups in total. The van der Waals surface area contributed by atoms with Crippen LogP contribution in [0.5, 0.6) is 11.5 Å². The zero-order chi connectivity index (χ0) is 13.4. The molecule has 3 rings (SSSR count). The van der Waals surface area contributed by atoms with Crippen molar-refractivity contribution in [2.75, 3.05) is 33.4 Å². The monoisotopic (exact) mass is 266 g/mol. The van der Waals surface area contributed by atoms with Crippen LogP contribution < -0.4 is 15.2 Å². The van der Waals surface area contributed by atoms with Gasteiger partial charge in [0.05, 0.1) is 5.56 Å². The molecular weight excluding hydrogens is 247 g/mol. The molecule has 2 heterocycles. The number of nitrogens with two attached hydrogens (primary N) is 1. The summed E-state index contributed by atoms with van der Waals surface area (Å²) < 4.78 is 25.4. The second-order valence-corrected chi connectivity index (χ2v) is 5.28. The first-order chi connectivity index (χ1) is 9.20. The molecule has 1 fully saturated rings. The fourth-order valence-corrected chi connectivity index (χ4v) is 3.04. The Hall–Kier alpha value is -1.33. The van der Waals surface area contributed by atoms with Crippen LogP contribution >= 0.6 is 0 Å². The van der Waals surface area contributed by atoms with E-state index in [1.807, 2.05) is 7.05 Å². The van der Waals surface area contributed by atoms with E-state index < -0.39 is 0 Å². The Morgan fingerprint density at radius 3 is 2.89 bits per heavy atom. The second-order valence-electron chi connectivity index (χ2n) is 5.28. The van der Waals surface area contributed by atoms with Crippen LogP contribution in [0.2, 0.25) is 0 Å². The summed E-state index contributed by atoms with van der Waals surface area (Å²) in [6.07, 6.45) is 0.865. The van der Waals surface area contributed by atoms with Crippen LogP contribution in [0.4, 0.5) is 4.39 Å². The summed E-state index contributed by atoms with van der Waals surface area (Å²) in [4.78, 5) is 2.15. The van der Waals surface area contributed by atoms with Gasteiger partial charge >= 0.3 is 0 Å². The van der Waals surface area contributed by atoms with Crippen molar-refractivity contribution < 1.29 is 13.9 Å². The predicted molar refractivity (Wildman–Crippen MR) is 69.9 cm³/mol. The van der Waals surface area contributed by atoms with E-state index in [2.05, 4.69) is 4.90 Å². The average Bonchev–Trinajstić information content (AvgIpc) is 2.80. The summed E-state index contributed by atoms with van der Waals surface area (Å²) in [5, 5.41) is 0. The largest absolute Gasteiger partial charge is 0.486 e. The molecule has 1 aromatic carbocycles. The van der Waals surface area contributed by atoms with Crippen LogP contribution in [0.3, 0.4) is 0 Å². The van der Waals surface area contributed by atoms with E-state index in [0.29, 0.717) is 42.7 Å². The number of rotatable bonds is 2. The van der Waals surface area contributed by atoms with Crippen molar-refractivity contribution in [3.63, 3.8) is 0 Å². The maximum atomic E-state index is 14.2. The number of benzene rings is 1. The molecule has 0 spiro atoms. The van der Waals surface area contributed by atoms with Gasteiger partial charge in [0.15, 0.2) is 11.5 Å². The molecule has 4 nitrogen and oxygen atoms in total. The lowest BCUT2D eigenvalue weighted by atomic mass is 9.98. The van der Waals surface area contributed by atoms with Crippen LogP contribution in [0, 0.1) is 11.7 Å². The van der Waals surface area contributed by atoms with Crippen molar-refractivity contribution in [3.05, 3.63) is 23.5 Å². The van der Waals surface area contributed by atoms with Gasteiger partial charge in [-0.1, -0.05) is 0 Å². The Morgan fingerprint density at radius 1 is 1.37 bits per heavy atom. The Labute approximate surface area is 112 Å². The number of hydrogen-bond donors (Lipinski definition) is 1. The van der Waals surface area contributed by atoms with E-state index in [1.165, 1.54) is 6.07 Å². The van der Waals surface area contributed by atoms with E-state index in [-0.39, 0.29) is 11.9 Å². The summed E-state index contributed by atoms with van der Waals surface area (Å²) in [6.45, 7) is 2.52. The van der Waals surface area contributed by atoms with Gasteiger partial charge in [0.2, 0.25) is 0 Å². The Bertz CT molecular complexity index is 481. The third-order valence-corrected chi connectivity index (χ3v) is 4.00. The lowest BCUT2D eigenvalue weighted by Crippen LogP contribution is -2.23. The topological polar surface area (TPSA) is 47.7 Å². The number of hydrogen-bond acceptors (Lipinski definition) is 4. The Balaban J connectivity index is 2.00. The van der Waals surface area contributed by atoms with Crippen molar-refractivity contribution in [2.24, 2.45) is 11.7 Å². The van der Waals surface area contributed by atoms with Gasteiger partial charge in [-0.25, -0.2) is 4.39 Å². The number of ether oxygens (including phenoxy) is 2. The zero-order valence-electron chi connectivity index (χ0n) is 11.1. The molecule has 5 heteroatoms. The molecule has 0 saturated carbocycles. The van der Waals surface area contributed by atoms with Gasteiger partial charge in [0.25, 0.3) is 0 Å². The Kier molecular flexibility index (Phi) is 3.33. The average molecular weight is 266 g/mol. The Morgan fingerprint density at radius 2 is 2.16 bits per heavy atom. The first-order valence-corrected chi connectivity index (χ1v) is 6.69. The summed E-state index contributed by atoms with van der Waals surface area (Å²) in [5.41, 5.74) is 6.36. The second kappa shape index (κ2) is 4.98. The van der Waals surface area contributed by atoms with E-state index in [4.69, 9.17) is 15.2 Å². The number of likely N-dealkylation sites (tertiary alicyclic amines) is 1. The van der Waals surface area contributed by atoms with Crippen LogP contribution in [0.25, 0.3) is 0 Å². The third-order valence-electron chi connectivity index (χ3n) is 4.00. The highest BCUT2D eigenvalue weighted by atomic mass is 19.1. The zero-order valence-corrected chi connectivity index (χ0v) is 11.1. The van der Waals surface area contributed by atoms with Crippen molar-refractivity contribution in [1.82, 2.24) is 4.90 Å². The van der Waals surface area contributed by atoms with E-state index >= 15 is 0 Å². The van der Waals surface area contributed by atoms with Crippen molar-refractivity contribution >= 4 is 0 Å². The summed E-state index contributed by atoms with van der Waals surface area (Å²) in [6, 6.07) is 3.13. The molecule has 1 saturated heterocycles. The maximum absolute atomic E-state index is 14.2. The minimum absolute atomic E-state index is 0.0187. The third kappa shape index (κ3) is 2.17. The summed E-state index contributed by atoms with van der Waals surface area (Å²) in [5.74, 6) is 1.40. The highest BCUT2D eigenvalue weighted by Crippen LogP contribution is 2.44. The quantitative estimate of drug-likeness (QED) is 0.882. The molecule has 2 atom stereocenters. The van der Waals surface area contributed by atoms with E-state index in [9.17, 15) is 4.39 Å². The van der Waals surface area contributed by atoms with Crippen LogP contribution in [-0.4, -0.2) is 38.3 Å². The number of halogens is 1. The van der Waals surface area contributed by atoms with Gasteiger partial charge in [-0.15, -0.1) is 0 Å². The fourth-order valence-electron chi connectivity index (χ4n) is 3.04. The predicted octanol–water partition coefficient (Wildman–Crippen LogP) is 1.55. The summed E-state index contributed by atoms with van der Waals surface area (Å²) in [7, 11) is 2.00. The molecule has 2 unspecified atom stereocenters. The van der Waals surface area contributed by atoms with Crippen molar-refractivity contribution in [2.45, 2.75) is 12.5 Å². The molecule has 19 heavy (non-hydrogen) atoms. The standard InChI is InChI=1S/C14H19FN2O2/c1-17-8-9(7-16)6-11(17)13-10(15)2-3-12-14(13)19-5-4-18-12/h2-3,9,11H,4-8,16H2,1H3. The molecule has 0 bridgehead atoms. The first-order valence-electron chi connectivity index (χ1n) is 6.69. The van der Waals surface area contributed by atoms with E-state index in [1.54, 1.807) is 6.07 Å². The fraction of sp³-hybridized carbons (Fsp3) is 0.571. The minimum atomic E-state index is -0.223. The molecular formula is C14H19FN2O2. The van der Waals surface area contributed by atoms with Gasteiger partial charge in [-0.2, -0.15) is 0 Å². The molecule has 0 aliphatic carbocycles. The van der Waals surface area contributed by atoms with Gasteiger partial charge in [-0.05, 0) is 38.1 Å². The SMILES string of the molecule is CN1CC(CN)CC1c1c(F)ccc2c1OCCO2. The van der Waals surface area contributed by atoms with Crippen molar-refractivity contribution in [1.29, 1.82) is 0 Å². The highest BCUT2D eigenvalue weighted by Gasteiger charge is 2.35. The lowest BCUT2D eigenvalue weighted by molar-refractivity contribution is 0.164. The molecule has 104 valence electrons. The smallest absolute Gasteiger partial charge is 0.169 e. The molecule has 2 aliphatic rings. The number of nitrogens with zero attached hydrogens (tertiary/aromatic N) is 1. The van der Waals surface area contributed by atoms with Crippen LogP contribution in [-0.2, 0) is 0 Å². The first kappa shape index (κ1) is 12.7. The lowest BCUT2D eigenvalue weighted by Gasteiger charge is -2.26. The van der Waals surface area contributed by atoms with Gasteiger partial charge in [-0.3, -0.25) is 4.90 Å². The molecule has 0 amide bonds. The summed E-state index contributed by atoms with van der Waals surface area (Å²) >= 11 is 0. The molecule has 0 radical (unpaired) electrons. The van der Waals surface area contributed by atoms with Crippen LogP contribution in [0.1, 0.15) is 18.0 Å². The normalized spacial score (nSPS) is 26.7. The van der Waals surface area contributed by atoms with Gasteiger partial charge < -0.3 is 15.2 Å². The van der Waals surface area contributed by atoms with Crippen molar-refractivity contribution in [3.8, 4) is 11.5 Å². The molecule has 0 aromatic heterocycles. The highest BCUT2D eigenvalue weighted by molar-refractivity contribution is 5.50. The maximum Gasteiger partial charge on any atom is 0.169 e.